The van der Waals surface area contributed by atoms with E-state index in [4.69, 9.17) is 14.0 Å². The molecule has 168 valence electrons. The lowest BCUT2D eigenvalue weighted by Crippen LogP contribution is -2.39. The number of aromatic nitrogens is 5. The molecule has 1 atom stereocenters. The highest BCUT2D eigenvalue weighted by molar-refractivity contribution is 5.87. The standard InChI is InChI=1S/C22H19FN6O4/c1-21(6-3-9-32-21)29-16-12(10-24)13(23)4-5-14(16)28-11-25-15(17(28)19(29)30)18-26-20(33-27-18)22(31-2)7-8-22/h4-5,11H,3,6-9H2,1-2H3. The molecule has 6 rings (SSSR count). The van der Waals surface area contributed by atoms with Crippen molar-refractivity contribution in [3.8, 4) is 17.6 Å². The van der Waals surface area contributed by atoms with Crippen molar-refractivity contribution in [2.45, 2.75) is 43.9 Å². The number of benzene rings is 1. The molecule has 3 aromatic heterocycles. The largest absolute Gasteiger partial charge is 0.368 e. The lowest BCUT2D eigenvalue weighted by atomic mass is 10.1. The first-order valence-electron chi connectivity index (χ1n) is 10.6. The summed E-state index contributed by atoms with van der Waals surface area (Å²) < 4.78 is 34.4. The zero-order chi connectivity index (χ0) is 23.0. The Morgan fingerprint density at radius 2 is 2.09 bits per heavy atom. The van der Waals surface area contributed by atoms with Crippen LogP contribution in [0, 0.1) is 17.1 Å². The molecular formula is C22H19FN6O4. The molecule has 1 aromatic carbocycles. The number of hydrogen-bond donors (Lipinski definition) is 0. The van der Waals surface area contributed by atoms with E-state index in [-0.39, 0.29) is 28.1 Å². The van der Waals surface area contributed by atoms with E-state index < -0.39 is 22.7 Å². The molecule has 1 aliphatic heterocycles. The SMILES string of the molecule is COC1(c2nc(-c3ncn4c3c(=O)n(C3(C)CCCO3)c3c(C#N)c(F)ccc34)no2)CC1. The van der Waals surface area contributed by atoms with Crippen molar-refractivity contribution in [1.29, 1.82) is 5.26 Å². The van der Waals surface area contributed by atoms with Crippen LogP contribution in [0.5, 0.6) is 0 Å². The van der Waals surface area contributed by atoms with Gasteiger partial charge in [0.25, 0.3) is 11.4 Å². The van der Waals surface area contributed by atoms with E-state index in [9.17, 15) is 14.4 Å². The summed E-state index contributed by atoms with van der Waals surface area (Å²) in [6.45, 7) is 2.22. The molecule has 1 saturated carbocycles. The predicted octanol–water partition coefficient (Wildman–Crippen LogP) is 2.83. The maximum Gasteiger partial charge on any atom is 0.280 e. The normalized spacial score (nSPS) is 21.6. The third-order valence-corrected chi connectivity index (χ3v) is 6.67. The fraction of sp³-hybridized carbons (Fsp3) is 0.409. The molecule has 2 fully saturated rings. The average Bonchev–Trinajstić information content (AvgIpc) is 3.15. The molecule has 4 heterocycles. The fourth-order valence-corrected chi connectivity index (χ4v) is 4.70. The summed E-state index contributed by atoms with van der Waals surface area (Å²) in [5, 5.41) is 13.7. The number of nitrogens with zero attached hydrogens (tertiary/aromatic N) is 6. The number of hydrogen-bond acceptors (Lipinski definition) is 8. The molecule has 11 heteroatoms. The van der Waals surface area contributed by atoms with Crippen LogP contribution in [0.4, 0.5) is 4.39 Å². The highest BCUT2D eigenvalue weighted by Crippen LogP contribution is 2.48. The summed E-state index contributed by atoms with van der Waals surface area (Å²) in [6.07, 6.45) is 4.24. The second-order valence-electron chi connectivity index (χ2n) is 8.60. The maximum absolute atomic E-state index is 14.6. The van der Waals surface area contributed by atoms with E-state index in [0.717, 1.165) is 19.3 Å². The zero-order valence-electron chi connectivity index (χ0n) is 18.0. The lowest BCUT2D eigenvalue weighted by molar-refractivity contribution is -0.0448. The summed E-state index contributed by atoms with van der Waals surface area (Å²) >= 11 is 0. The van der Waals surface area contributed by atoms with Crippen LogP contribution in [-0.4, -0.2) is 37.8 Å². The van der Waals surface area contributed by atoms with Gasteiger partial charge in [0, 0.05) is 13.7 Å². The van der Waals surface area contributed by atoms with Crippen molar-refractivity contribution in [2.75, 3.05) is 13.7 Å². The van der Waals surface area contributed by atoms with Gasteiger partial charge in [0.2, 0.25) is 5.82 Å². The van der Waals surface area contributed by atoms with Crippen LogP contribution in [-0.2, 0) is 20.8 Å². The van der Waals surface area contributed by atoms with Crippen LogP contribution in [0.1, 0.15) is 44.1 Å². The summed E-state index contributed by atoms with van der Waals surface area (Å²) in [5.41, 5.74) is -1.33. The predicted molar refractivity (Wildman–Crippen MR) is 112 cm³/mol. The highest BCUT2D eigenvalue weighted by atomic mass is 19.1. The molecule has 0 spiro atoms. The van der Waals surface area contributed by atoms with Gasteiger partial charge in [0.05, 0.1) is 11.0 Å². The highest BCUT2D eigenvalue weighted by Gasteiger charge is 2.50. The van der Waals surface area contributed by atoms with Crippen LogP contribution in [0.2, 0.25) is 0 Å². The average molecular weight is 450 g/mol. The molecule has 1 saturated heterocycles. The van der Waals surface area contributed by atoms with Crippen LogP contribution < -0.4 is 5.56 Å². The maximum atomic E-state index is 14.6. The number of halogens is 1. The fourth-order valence-electron chi connectivity index (χ4n) is 4.70. The monoisotopic (exact) mass is 450 g/mol. The minimum Gasteiger partial charge on any atom is -0.368 e. The Kier molecular flexibility index (Phi) is 4.06. The lowest BCUT2D eigenvalue weighted by Gasteiger charge is -2.28. The van der Waals surface area contributed by atoms with E-state index in [1.807, 2.05) is 6.07 Å². The van der Waals surface area contributed by atoms with Gasteiger partial charge in [0.1, 0.15) is 46.3 Å². The van der Waals surface area contributed by atoms with Crippen molar-refractivity contribution in [3.05, 3.63) is 46.1 Å². The van der Waals surface area contributed by atoms with E-state index in [1.165, 1.54) is 27.4 Å². The van der Waals surface area contributed by atoms with Crippen LogP contribution >= 0.6 is 0 Å². The number of methoxy groups -OCH3 is 1. The van der Waals surface area contributed by atoms with Crippen molar-refractivity contribution in [2.24, 2.45) is 0 Å². The Balaban J connectivity index is 1.69. The van der Waals surface area contributed by atoms with Gasteiger partial charge < -0.3 is 14.0 Å². The number of ether oxygens (including phenoxy) is 2. The zero-order valence-corrected chi connectivity index (χ0v) is 18.0. The van der Waals surface area contributed by atoms with Gasteiger partial charge in [-0.15, -0.1) is 0 Å². The Morgan fingerprint density at radius 3 is 2.76 bits per heavy atom. The Bertz CT molecular complexity index is 1530. The van der Waals surface area contributed by atoms with Gasteiger partial charge in [0.15, 0.2) is 0 Å². The van der Waals surface area contributed by atoms with Gasteiger partial charge in [-0.1, -0.05) is 5.16 Å². The van der Waals surface area contributed by atoms with Gasteiger partial charge >= 0.3 is 0 Å². The first kappa shape index (κ1) is 20.0. The van der Waals surface area contributed by atoms with E-state index >= 15 is 0 Å². The molecule has 4 aromatic rings. The Labute approximate surface area is 186 Å². The molecular weight excluding hydrogens is 431 g/mol. The number of fused-ring (bicyclic) bond motifs is 3. The van der Waals surface area contributed by atoms with E-state index in [2.05, 4.69) is 15.1 Å². The Hall–Kier alpha value is -3.62. The minimum absolute atomic E-state index is 0.152. The molecule has 2 aliphatic rings. The summed E-state index contributed by atoms with van der Waals surface area (Å²) in [5.74, 6) is -0.224. The Morgan fingerprint density at radius 1 is 1.27 bits per heavy atom. The van der Waals surface area contributed by atoms with Crippen LogP contribution in [0.25, 0.3) is 28.1 Å². The van der Waals surface area contributed by atoms with E-state index in [0.29, 0.717) is 24.4 Å². The molecule has 1 aliphatic carbocycles. The quantitative estimate of drug-likeness (QED) is 0.465. The number of rotatable bonds is 4. The van der Waals surface area contributed by atoms with Crippen molar-refractivity contribution >= 4 is 16.6 Å². The second kappa shape index (κ2) is 6.69. The smallest absolute Gasteiger partial charge is 0.280 e. The van der Waals surface area contributed by atoms with Crippen molar-refractivity contribution < 1.29 is 18.4 Å². The van der Waals surface area contributed by atoms with Gasteiger partial charge in [-0.25, -0.2) is 9.37 Å². The first-order chi connectivity index (χ1) is 15.9. The molecule has 0 N–H and O–H groups in total. The molecule has 0 bridgehead atoms. The third-order valence-electron chi connectivity index (χ3n) is 6.67. The van der Waals surface area contributed by atoms with Crippen LogP contribution in [0.3, 0.4) is 0 Å². The second-order valence-corrected chi connectivity index (χ2v) is 8.60. The molecule has 33 heavy (non-hydrogen) atoms. The topological polar surface area (TPSA) is 120 Å². The molecule has 10 nitrogen and oxygen atoms in total. The molecule has 0 amide bonds. The van der Waals surface area contributed by atoms with Gasteiger partial charge in [-0.2, -0.15) is 10.2 Å². The summed E-state index contributed by atoms with van der Waals surface area (Å²) in [7, 11) is 1.59. The molecule has 0 radical (unpaired) electrons. The number of nitriles is 1. The molecule has 1 unspecified atom stereocenters. The summed E-state index contributed by atoms with van der Waals surface area (Å²) in [4.78, 5) is 22.8. The van der Waals surface area contributed by atoms with Crippen molar-refractivity contribution in [3.63, 3.8) is 0 Å². The number of imidazole rings is 1. The van der Waals surface area contributed by atoms with E-state index in [1.54, 1.807) is 14.0 Å². The first-order valence-corrected chi connectivity index (χ1v) is 10.6. The van der Waals surface area contributed by atoms with Crippen molar-refractivity contribution in [1.82, 2.24) is 24.1 Å². The third kappa shape index (κ3) is 2.65. The van der Waals surface area contributed by atoms with Crippen LogP contribution in [0.15, 0.2) is 27.8 Å². The minimum atomic E-state index is -1.05. The van der Waals surface area contributed by atoms with Gasteiger partial charge in [-0.3, -0.25) is 13.8 Å². The van der Waals surface area contributed by atoms with Gasteiger partial charge in [-0.05, 0) is 44.7 Å². The summed E-state index contributed by atoms with van der Waals surface area (Å²) in [6, 6.07) is 4.63.